The first kappa shape index (κ1) is 22.3. The highest BCUT2D eigenvalue weighted by atomic mass is 16.7. The average Bonchev–Trinajstić information content (AvgIpc) is 3.19. The first-order valence-electron chi connectivity index (χ1n) is 15.2. The number of fused-ring (bicyclic) bond motifs is 3. The van der Waals surface area contributed by atoms with Gasteiger partial charge in [0.2, 0.25) is 0 Å². The maximum absolute atomic E-state index is 6.94. The molecule has 3 spiro atoms. The zero-order valence-corrected chi connectivity index (χ0v) is 21.6. The van der Waals surface area contributed by atoms with Crippen LogP contribution >= 0.6 is 0 Å². The zero-order valence-electron chi connectivity index (χ0n) is 21.6. The fraction of sp³-hybridized carbons (Fsp3) is 0.871. The Morgan fingerprint density at radius 3 is 2.06 bits per heavy atom. The van der Waals surface area contributed by atoms with E-state index in [9.17, 15) is 0 Å². The van der Waals surface area contributed by atoms with E-state index in [1.54, 1.807) is 16.7 Å². The van der Waals surface area contributed by atoms with Crippen molar-refractivity contribution in [3.8, 4) is 0 Å². The Bertz CT molecular complexity index is 928. The van der Waals surface area contributed by atoms with Crippen LogP contribution in [0.4, 0.5) is 0 Å². The Morgan fingerprint density at radius 2 is 1.23 bits per heavy atom. The van der Waals surface area contributed by atoms with Gasteiger partial charge in [0, 0.05) is 24.2 Å². The van der Waals surface area contributed by atoms with Crippen LogP contribution in [0.25, 0.3) is 0 Å². The lowest BCUT2D eigenvalue weighted by Crippen LogP contribution is -2.65. The minimum atomic E-state index is -0.374. The predicted molar refractivity (Wildman–Crippen MR) is 134 cm³/mol. The average molecular weight is 481 g/mol. The predicted octanol–water partition coefficient (Wildman–Crippen LogP) is 6.84. The molecule has 4 nitrogen and oxygen atoms in total. The molecule has 0 N–H and O–H groups in total. The molecular weight excluding hydrogens is 436 g/mol. The van der Waals surface area contributed by atoms with Gasteiger partial charge in [0.25, 0.3) is 0 Å². The molecule has 0 aromatic carbocycles. The molecule has 4 atom stereocenters. The second kappa shape index (κ2) is 8.16. The maximum Gasteiger partial charge on any atom is 0.177 e. The molecule has 0 radical (unpaired) electrons. The monoisotopic (exact) mass is 480 g/mol. The van der Waals surface area contributed by atoms with E-state index in [0.717, 1.165) is 32.8 Å². The Balaban J connectivity index is 1.01. The number of rotatable bonds is 0. The number of ether oxygens (including phenoxy) is 4. The summed E-state index contributed by atoms with van der Waals surface area (Å²) in [4.78, 5) is 0. The van der Waals surface area contributed by atoms with Crippen LogP contribution in [0.3, 0.4) is 0 Å². The fourth-order valence-corrected chi connectivity index (χ4v) is 9.96. The van der Waals surface area contributed by atoms with Crippen LogP contribution in [0.15, 0.2) is 22.3 Å². The standard InChI is InChI=1S/C31H44O4/c1-2-11-25-21(7-1)15-23-9-6-14-28(25)31(23)34-19-29(20-35-31)17-32-30(33-18-29)16-22-8-5-13-27(30)26-12-4-3-10-24(22)26/h22-23,27-28H,1-20H2. The van der Waals surface area contributed by atoms with Gasteiger partial charge >= 0.3 is 0 Å². The van der Waals surface area contributed by atoms with Crippen molar-refractivity contribution < 1.29 is 18.9 Å². The largest absolute Gasteiger partial charge is 0.348 e. The van der Waals surface area contributed by atoms with Crippen molar-refractivity contribution in [2.24, 2.45) is 29.1 Å². The molecule has 0 amide bonds. The van der Waals surface area contributed by atoms with Crippen molar-refractivity contribution in [3.63, 3.8) is 0 Å². The molecule has 192 valence electrons. The van der Waals surface area contributed by atoms with Crippen molar-refractivity contribution in [3.05, 3.63) is 22.3 Å². The van der Waals surface area contributed by atoms with E-state index in [1.165, 1.54) is 96.3 Å². The van der Waals surface area contributed by atoms with Crippen molar-refractivity contribution in [2.45, 2.75) is 114 Å². The van der Waals surface area contributed by atoms with Crippen molar-refractivity contribution in [1.29, 1.82) is 0 Å². The van der Waals surface area contributed by atoms with Crippen molar-refractivity contribution >= 4 is 0 Å². The molecule has 2 aliphatic heterocycles. The Hall–Kier alpha value is -0.680. The minimum absolute atomic E-state index is 0.138. The summed E-state index contributed by atoms with van der Waals surface area (Å²) < 4.78 is 27.7. The van der Waals surface area contributed by atoms with Crippen molar-refractivity contribution in [2.75, 3.05) is 26.4 Å². The maximum atomic E-state index is 6.94. The van der Waals surface area contributed by atoms with Gasteiger partial charge < -0.3 is 18.9 Å². The third kappa shape index (κ3) is 3.25. The highest BCUT2D eigenvalue weighted by Crippen LogP contribution is 2.59. The van der Waals surface area contributed by atoms with Crippen LogP contribution in [0.1, 0.15) is 103 Å². The summed E-state index contributed by atoms with van der Waals surface area (Å²) in [5.41, 5.74) is 6.91. The lowest BCUT2D eigenvalue weighted by Gasteiger charge is -2.60. The molecule has 4 bridgehead atoms. The Kier molecular flexibility index (Phi) is 5.20. The highest BCUT2D eigenvalue weighted by Gasteiger charge is 2.61. The van der Waals surface area contributed by atoms with Gasteiger partial charge in [0.05, 0.1) is 31.8 Å². The Morgan fingerprint density at radius 1 is 0.571 bits per heavy atom. The summed E-state index contributed by atoms with van der Waals surface area (Å²) in [6.07, 6.45) is 20.8. The molecule has 4 heteroatoms. The molecule has 2 heterocycles. The van der Waals surface area contributed by atoms with Gasteiger partial charge in [0.15, 0.2) is 11.6 Å². The molecule has 35 heavy (non-hydrogen) atoms. The second-order valence-corrected chi connectivity index (χ2v) is 13.6. The molecular formula is C31H44O4. The van der Waals surface area contributed by atoms with Crippen LogP contribution in [0.2, 0.25) is 0 Å². The number of hydrogen-bond donors (Lipinski definition) is 0. The van der Waals surface area contributed by atoms with E-state index in [4.69, 9.17) is 18.9 Å². The normalized spacial score (nSPS) is 49.4. The van der Waals surface area contributed by atoms with Crippen molar-refractivity contribution in [1.82, 2.24) is 0 Å². The summed E-state index contributed by atoms with van der Waals surface area (Å²) in [7, 11) is 0. The summed E-state index contributed by atoms with van der Waals surface area (Å²) in [6.45, 7) is 2.94. The SMILES string of the molecule is C1CCC2=C(C1)CC1CCCC2C12OCC1(COC3(CC4CCCC3C3=C4CCCC3)OC1)CO2. The third-order valence-corrected chi connectivity index (χ3v) is 11.7. The Labute approximate surface area is 211 Å². The smallest absolute Gasteiger partial charge is 0.177 e. The second-order valence-electron chi connectivity index (χ2n) is 13.6. The quantitative estimate of drug-likeness (QED) is 0.356. The summed E-state index contributed by atoms with van der Waals surface area (Å²) in [5, 5.41) is 0. The fourth-order valence-electron chi connectivity index (χ4n) is 9.96. The molecule has 2 saturated heterocycles. The minimum Gasteiger partial charge on any atom is -0.348 e. The van der Waals surface area contributed by atoms with Gasteiger partial charge in [-0.3, -0.25) is 0 Å². The molecule has 0 aromatic rings. The topological polar surface area (TPSA) is 36.9 Å². The molecule has 2 saturated carbocycles. The summed E-state index contributed by atoms with van der Waals surface area (Å²) >= 11 is 0. The van der Waals surface area contributed by atoms with Crippen LogP contribution < -0.4 is 0 Å². The van der Waals surface area contributed by atoms with E-state index >= 15 is 0 Å². The van der Waals surface area contributed by atoms with Gasteiger partial charge in [-0.15, -0.1) is 0 Å². The van der Waals surface area contributed by atoms with E-state index in [0.29, 0.717) is 23.7 Å². The van der Waals surface area contributed by atoms with Gasteiger partial charge in [-0.2, -0.15) is 0 Å². The molecule has 9 aliphatic rings. The van der Waals surface area contributed by atoms with Gasteiger partial charge in [-0.1, -0.05) is 35.1 Å². The first-order chi connectivity index (χ1) is 17.2. The van der Waals surface area contributed by atoms with E-state index in [1.807, 2.05) is 5.57 Å². The van der Waals surface area contributed by atoms with E-state index in [2.05, 4.69) is 0 Å². The van der Waals surface area contributed by atoms with Gasteiger partial charge in [-0.05, 0) is 89.4 Å². The lowest BCUT2D eigenvalue weighted by molar-refractivity contribution is -0.400. The van der Waals surface area contributed by atoms with Gasteiger partial charge in [-0.25, -0.2) is 0 Å². The molecule has 0 aromatic heterocycles. The van der Waals surface area contributed by atoms with E-state index in [-0.39, 0.29) is 17.0 Å². The molecule has 4 unspecified atom stereocenters. The lowest BCUT2D eigenvalue weighted by atomic mass is 9.61. The zero-order chi connectivity index (χ0) is 23.1. The highest BCUT2D eigenvalue weighted by molar-refractivity contribution is 5.31. The first-order valence-corrected chi connectivity index (χ1v) is 15.2. The van der Waals surface area contributed by atoms with Crippen LogP contribution in [0.5, 0.6) is 0 Å². The van der Waals surface area contributed by atoms with Crippen LogP contribution in [-0.2, 0) is 18.9 Å². The third-order valence-electron chi connectivity index (χ3n) is 11.7. The van der Waals surface area contributed by atoms with E-state index < -0.39 is 0 Å². The van der Waals surface area contributed by atoms with Gasteiger partial charge in [0.1, 0.15) is 0 Å². The number of allylic oxidation sites excluding steroid dienone is 2. The molecule has 9 rings (SSSR count). The summed E-state index contributed by atoms with van der Waals surface area (Å²) in [6, 6.07) is 0. The molecule has 7 aliphatic carbocycles. The van der Waals surface area contributed by atoms with Crippen LogP contribution in [0, 0.1) is 29.1 Å². The number of hydrogen-bond acceptors (Lipinski definition) is 4. The summed E-state index contributed by atoms with van der Waals surface area (Å²) in [5.74, 6) is 1.48. The van der Waals surface area contributed by atoms with Crippen LogP contribution in [-0.4, -0.2) is 38.0 Å². The molecule has 4 fully saturated rings.